The van der Waals surface area contributed by atoms with Crippen LogP contribution in [0.5, 0.6) is 0 Å². The van der Waals surface area contributed by atoms with Gasteiger partial charge in [0.15, 0.2) is 0 Å². The number of esters is 1. The first kappa shape index (κ1) is 15.3. The van der Waals surface area contributed by atoms with Crippen molar-refractivity contribution in [3.8, 4) is 0 Å². The van der Waals surface area contributed by atoms with Crippen molar-refractivity contribution in [2.75, 3.05) is 32.2 Å². The monoisotopic (exact) mass is 247 g/mol. The molecule has 0 saturated heterocycles. The lowest BCUT2D eigenvalue weighted by Crippen LogP contribution is -2.30. The molecule has 0 aliphatic heterocycles. The molecular weight excluding hydrogens is 226 g/mol. The molecule has 4 nitrogen and oxygen atoms in total. The van der Waals surface area contributed by atoms with Crippen LogP contribution >= 0.6 is 11.8 Å². The van der Waals surface area contributed by atoms with E-state index in [0.29, 0.717) is 12.3 Å². The highest BCUT2D eigenvalue weighted by Crippen LogP contribution is 2.05. The summed E-state index contributed by atoms with van der Waals surface area (Å²) in [4.78, 5) is 24.0. The Morgan fingerprint density at radius 2 is 2.06 bits per heavy atom. The molecule has 0 aliphatic carbocycles. The Morgan fingerprint density at radius 1 is 1.38 bits per heavy atom. The molecule has 0 atom stereocenters. The number of hydrogen-bond donors (Lipinski definition) is 0. The van der Waals surface area contributed by atoms with Crippen LogP contribution < -0.4 is 0 Å². The fraction of sp³-hybridized carbons (Fsp3) is 0.818. The Bertz CT molecular complexity index is 221. The molecule has 0 aliphatic rings. The van der Waals surface area contributed by atoms with Crippen LogP contribution in [-0.2, 0) is 14.3 Å². The van der Waals surface area contributed by atoms with Crippen molar-refractivity contribution in [1.29, 1.82) is 0 Å². The van der Waals surface area contributed by atoms with Crippen molar-refractivity contribution in [2.24, 2.45) is 0 Å². The number of amides is 1. The van der Waals surface area contributed by atoms with Gasteiger partial charge >= 0.3 is 5.97 Å². The lowest BCUT2D eigenvalue weighted by atomic mass is 10.4. The lowest BCUT2D eigenvalue weighted by Gasteiger charge is -2.15. The van der Waals surface area contributed by atoms with Gasteiger partial charge in [-0.2, -0.15) is 11.8 Å². The first-order valence-electron chi connectivity index (χ1n) is 5.50. The van der Waals surface area contributed by atoms with Crippen LogP contribution in [0.3, 0.4) is 0 Å². The quantitative estimate of drug-likeness (QED) is 0.482. The van der Waals surface area contributed by atoms with Crippen LogP contribution in [0, 0.1) is 0 Å². The first-order valence-corrected chi connectivity index (χ1v) is 6.65. The van der Waals surface area contributed by atoms with E-state index in [2.05, 4.69) is 11.7 Å². The number of rotatable bonds is 8. The standard InChI is InChI=1S/C11H21NO3S/c1-4-5-8-16-9-10(13)12(2)7-6-11(14)15-3/h4-9H2,1-3H3. The minimum absolute atomic E-state index is 0.0741. The van der Waals surface area contributed by atoms with Gasteiger partial charge in [0, 0.05) is 13.6 Å². The smallest absolute Gasteiger partial charge is 0.307 e. The minimum atomic E-state index is -0.279. The van der Waals surface area contributed by atoms with Crippen molar-refractivity contribution in [3.05, 3.63) is 0 Å². The Morgan fingerprint density at radius 3 is 2.62 bits per heavy atom. The van der Waals surface area contributed by atoms with Gasteiger partial charge in [0.25, 0.3) is 0 Å². The summed E-state index contributed by atoms with van der Waals surface area (Å²) < 4.78 is 4.51. The molecule has 0 unspecified atom stereocenters. The molecule has 94 valence electrons. The molecule has 0 saturated carbocycles. The highest BCUT2D eigenvalue weighted by molar-refractivity contribution is 7.99. The molecule has 0 fully saturated rings. The van der Waals surface area contributed by atoms with Crippen molar-refractivity contribution < 1.29 is 14.3 Å². The van der Waals surface area contributed by atoms with Crippen molar-refractivity contribution in [3.63, 3.8) is 0 Å². The molecule has 16 heavy (non-hydrogen) atoms. The van der Waals surface area contributed by atoms with Crippen LogP contribution in [0.15, 0.2) is 0 Å². The van der Waals surface area contributed by atoms with Gasteiger partial charge in [-0.05, 0) is 12.2 Å². The second kappa shape index (κ2) is 9.51. The number of hydrogen-bond acceptors (Lipinski definition) is 4. The molecule has 0 aromatic carbocycles. The van der Waals surface area contributed by atoms with E-state index in [4.69, 9.17) is 0 Å². The SMILES string of the molecule is CCCCSCC(=O)N(C)CCC(=O)OC. The fourth-order valence-electron chi connectivity index (χ4n) is 1.00. The average Bonchev–Trinajstić information content (AvgIpc) is 2.30. The topological polar surface area (TPSA) is 46.6 Å². The highest BCUT2D eigenvalue weighted by atomic mass is 32.2. The first-order chi connectivity index (χ1) is 7.61. The zero-order chi connectivity index (χ0) is 12.4. The summed E-state index contributed by atoms with van der Waals surface area (Å²) in [6.45, 7) is 2.56. The molecule has 5 heteroatoms. The second-order valence-corrected chi connectivity index (χ2v) is 4.65. The predicted octanol–water partition coefficient (Wildman–Crippen LogP) is 1.54. The number of carbonyl (C=O) groups is 2. The van der Waals surface area contributed by atoms with E-state index in [-0.39, 0.29) is 18.3 Å². The third-order valence-corrected chi connectivity index (χ3v) is 3.20. The molecule has 0 heterocycles. The van der Waals surface area contributed by atoms with Crippen molar-refractivity contribution in [2.45, 2.75) is 26.2 Å². The van der Waals surface area contributed by atoms with Gasteiger partial charge in [-0.15, -0.1) is 0 Å². The molecular formula is C11H21NO3S. The minimum Gasteiger partial charge on any atom is -0.469 e. The summed E-state index contributed by atoms with van der Waals surface area (Å²) >= 11 is 1.65. The van der Waals surface area contributed by atoms with E-state index >= 15 is 0 Å². The van der Waals surface area contributed by atoms with E-state index in [1.807, 2.05) is 0 Å². The maximum absolute atomic E-state index is 11.6. The number of carbonyl (C=O) groups excluding carboxylic acids is 2. The maximum Gasteiger partial charge on any atom is 0.307 e. The van der Waals surface area contributed by atoms with Gasteiger partial charge in [0.1, 0.15) is 0 Å². The number of ether oxygens (including phenoxy) is 1. The molecule has 0 spiro atoms. The van der Waals surface area contributed by atoms with E-state index < -0.39 is 0 Å². The van der Waals surface area contributed by atoms with E-state index in [1.54, 1.807) is 23.7 Å². The Balaban J connectivity index is 3.61. The highest BCUT2D eigenvalue weighted by Gasteiger charge is 2.10. The molecule has 0 N–H and O–H groups in total. The molecule has 0 bridgehead atoms. The fourth-order valence-corrected chi connectivity index (χ4v) is 2.03. The van der Waals surface area contributed by atoms with Gasteiger partial charge in [0.05, 0.1) is 19.3 Å². The Kier molecular flexibility index (Phi) is 9.09. The maximum atomic E-state index is 11.6. The number of thioether (sulfide) groups is 1. The predicted molar refractivity (Wildman–Crippen MR) is 66.5 cm³/mol. The van der Waals surface area contributed by atoms with Gasteiger partial charge in [-0.1, -0.05) is 13.3 Å². The largest absolute Gasteiger partial charge is 0.469 e. The third kappa shape index (κ3) is 7.56. The number of nitrogens with zero attached hydrogens (tertiary/aromatic N) is 1. The van der Waals surface area contributed by atoms with E-state index in [0.717, 1.165) is 18.6 Å². The van der Waals surface area contributed by atoms with E-state index in [9.17, 15) is 9.59 Å². The van der Waals surface area contributed by atoms with Crippen molar-refractivity contribution in [1.82, 2.24) is 4.90 Å². The second-order valence-electron chi connectivity index (χ2n) is 3.55. The van der Waals surface area contributed by atoms with E-state index in [1.165, 1.54) is 7.11 Å². The summed E-state index contributed by atoms with van der Waals surface area (Å²) in [5.74, 6) is 1.31. The summed E-state index contributed by atoms with van der Waals surface area (Å²) in [7, 11) is 3.07. The zero-order valence-electron chi connectivity index (χ0n) is 10.3. The zero-order valence-corrected chi connectivity index (χ0v) is 11.1. The summed E-state index contributed by atoms with van der Waals surface area (Å²) in [6.07, 6.45) is 2.56. The van der Waals surface area contributed by atoms with Crippen LogP contribution in [-0.4, -0.2) is 49.0 Å². The number of unbranched alkanes of at least 4 members (excludes halogenated alkanes) is 1. The van der Waals surface area contributed by atoms with Crippen LogP contribution in [0.4, 0.5) is 0 Å². The molecule has 0 radical (unpaired) electrons. The Hall–Kier alpha value is -0.710. The lowest BCUT2D eigenvalue weighted by molar-refractivity contribution is -0.141. The molecule has 1 amide bonds. The average molecular weight is 247 g/mol. The van der Waals surface area contributed by atoms with Gasteiger partial charge in [-0.3, -0.25) is 9.59 Å². The van der Waals surface area contributed by atoms with Crippen LogP contribution in [0.2, 0.25) is 0 Å². The molecule has 0 aromatic rings. The van der Waals surface area contributed by atoms with Gasteiger partial charge in [-0.25, -0.2) is 0 Å². The summed E-state index contributed by atoms with van der Waals surface area (Å²) in [5, 5.41) is 0. The molecule has 0 aromatic heterocycles. The molecule has 0 rings (SSSR count). The van der Waals surface area contributed by atoms with Gasteiger partial charge in [0.2, 0.25) is 5.91 Å². The van der Waals surface area contributed by atoms with Crippen molar-refractivity contribution >= 4 is 23.6 Å². The van der Waals surface area contributed by atoms with Crippen LogP contribution in [0.25, 0.3) is 0 Å². The number of methoxy groups -OCH3 is 1. The summed E-state index contributed by atoms with van der Waals surface area (Å²) in [5.41, 5.74) is 0. The van der Waals surface area contributed by atoms with Gasteiger partial charge < -0.3 is 9.64 Å². The summed E-state index contributed by atoms with van der Waals surface area (Å²) in [6, 6.07) is 0. The third-order valence-electron chi connectivity index (χ3n) is 2.17. The Labute approximate surface area is 102 Å². The normalized spacial score (nSPS) is 9.94. The van der Waals surface area contributed by atoms with Crippen LogP contribution in [0.1, 0.15) is 26.2 Å².